The number of nitrogens with one attached hydrogen (secondary N) is 1. The number of carbonyl (C=O) groups is 2. The second-order valence-corrected chi connectivity index (χ2v) is 5.72. The maximum atomic E-state index is 12.4. The van der Waals surface area contributed by atoms with Crippen LogP contribution in [0.2, 0.25) is 0 Å². The second-order valence-electron chi connectivity index (χ2n) is 5.72. The van der Waals surface area contributed by atoms with Crippen LogP contribution >= 0.6 is 0 Å². The first-order chi connectivity index (χ1) is 8.47. The van der Waals surface area contributed by atoms with Gasteiger partial charge in [-0.2, -0.15) is 0 Å². The lowest BCUT2D eigenvalue weighted by Gasteiger charge is -2.39. The predicted octanol–water partition coefficient (Wildman–Crippen LogP) is 0.0636. The Hall–Kier alpha value is -1.10. The largest absolute Gasteiger partial charge is 0.346 e. The molecule has 2 amide bonds. The zero-order chi connectivity index (χ0) is 13.3. The topological polar surface area (TPSA) is 52.7 Å². The van der Waals surface area contributed by atoms with E-state index in [4.69, 9.17) is 0 Å². The Morgan fingerprint density at radius 2 is 1.89 bits per heavy atom. The molecule has 0 aromatic heterocycles. The molecule has 5 nitrogen and oxygen atoms in total. The third-order valence-electron chi connectivity index (χ3n) is 3.88. The molecule has 0 aromatic carbocycles. The molecule has 0 bridgehead atoms. The highest BCUT2D eigenvalue weighted by Gasteiger charge is 2.34. The molecule has 2 saturated heterocycles. The predicted molar refractivity (Wildman–Crippen MR) is 69.0 cm³/mol. The molecule has 5 heteroatoms. The normalized spacial score (nSPS) is 33.7. The number of likely N-dealkylation sites (tertiary alicyclic amines) is 1. The molecular weight excluding hydrogens is 230 g/mol. The molecule has 3 unspecified atom stereocenters. The lowest BCUT2D eigenvalue weighted by molar-refractivity contribution is -0.145. The summed E-state index contributed by atoms with van der Waals surface area (Å²) in [7, 11) is 1.80. The van der Waals surface area contributed by atoms with E-state index >= 15 is 0 Å². The van der Waals surface area contributed by atoms with Crippen molar-refractivity contribution in [3.05, 3.63) is 0 Å². The summed E-state index contributed by atoms with van der Waals surface area (Å²) in [5.41, 5.74) is 0. The Morgan fingerprint density at radius 1 is 1.28 bits per heavy atom. The minimum absolute atomic E-state index is 0.0934. The van der Waals surface area contributed by atoms with Crippen LogP contribution in [0.4, 0.5) is 0 Å². The Balaban J connectivity index is 1.96. The van der Waals surface area contributed by atoms with Gasteiger partial charge in [0.05, 0.1) is 0 Å². The Labute approximate surface area is 108 Å². The highest BCUT2D eigenvalue weighted by molar-refractivity contribution is 5.87. The Kier molecular flexibility index (Phi) is 3.90. The van der Waals surface area contributed by atoms with Crippen LogP contribution in [0.5, 0.6) is 0 Å². The first-order valence-corrected chi connectivity index (χ1v) is 6.76. The van der Waals surface area contributed by atoms with Crippen LogP contribution in [0.15, 0.2) is 0 Å². The molecule has 0 radical (unpaired) electrons. The SMILES string of the molecule is CC1CN(C(=O)C2CCN(C)C(=O)C2)CC(C)N1. The molecule has 2 fully saturated rings. The summed E-state index contributed by atoms with van der Waals surface area (Å²) in [6.07, 6.45) is 1.18. The molecule has 2 heterocycles. The van der Waals surface area contributed by atoms with Crippen molar-refractivity contribution in [1.29, 1.82) is 0 Å². The quantitative estimate of drug-likeness (QED) is 0.719. The highest BCUT2D eigenvalue weighted by atomic mass is 16.2. The van der Waals surface area contributed by atoms with E-state index in [0.29, 0.717) is 25.0 Å². The van der Waals surface area contributed by atoms with E-state index in [9.17, 15) is 9.59 Å². The van der Waals surface area contributed by atoms with Crippen LogP contribution < -0.4 is 5.32 Å². The van der Waals surface area contributed by atoms with Gasteiger partial charge in [-0.15, -0.1) is 0 Å². The third kappa shape index (κ3) is 2.83. The molecule has 2 aliphatic heterocycles. The molecule has 2 rings (SSSR count). The van der Waals surface area contributed by atoms with Crippen LogP contribution in [-0.2, 0) is 9.59 Å². The number of piperazine rings is 1. The minimum Gasteiger partial charge on any atom is -0.346 e. The second kappa shape index (κ2) is 5.26. The van der Waals surface area contributed by atoms with E-state index in [1.807, 2.05) is 4.90 Å². The van der Waals surface area contributed by atoms with Crippen LogP contribution in [-0.4, -0.2) is 60.4 Å². The van der Waals surface area contributed by atoms with E-state index in [0.717, 1.165) is 19.5 Å². The van der Waals surface area contributed by atoms with Crippen LogP contribution in [0.1, 0.15) is 26.7 Å². The third-order valence-corrected chi connectivity index (χ3v) is 3.88. The smallest absolute Gasteiger partial charge is 0.226 e. The summed E-state index contributed by atoms with van der Waals surface area (Å²) in [6, 6.07) is 0.666. The van der Waals surface area contributed by atoms with Crippen molar-refractivity contribution in [2.24, 2.45) is 5.92 Å². The lowest BCUT2D eigenvalue weighted by Crippen LogP contribution is -2.57. The molecule has 0 aromatic rings. The molecule has 102 valence electrons. The number of hydrogen-bond acceptors (Lipinski definition) is 3. The van der Waals surface area contributed by atoms with E-state index in [-0.39, 0.29) is 17.7 Å². The van der Waals surface area contributed by atoms with E-state index < -0.39 is 0 Å². The fourth-order valence-corrected chi connectivity index (χ4v) is 2.92. The van der Waals surface area contributed by atoms with Gasteiger partial charge >= 0.3 is 0 Å². The molecule has 0 saturated carbocycles. The van der Waals surface area contributed by atoms with Gasteiger partial charge in [-0.05, 0) is 20.3 Å². The van der Waals surface area contributed by atoms with Crippen molar-refractivity contribution in [1.82, 2.24) is 15.1 Å². The summed E-state index contributed by atoms with van der Waals surface area (Å²) < 4.78 is 0. The average Bonchev–Trinajstić information content (AvgIpc) is 2.30. The lowest BCUT2D eigenvalue weighted by atomic mass is 9.94. The van der Waals surface area contributed by atoms with Crippen LogP contribution in [0, 0.1) is 5.92 Å². The summed E-state index contributed by atoms with van der Waals surface area (Å²) in [4.78, 5) is 27.7. The van der Waals surface area contributed by atoms with Gasteiger partial charge in [0.15, 0.2) is 0 Å². The standard InChI is InChI=1S/C13H23N3O2/c1-9-7-16(8-10(2)14-9)13(18)11-4-5-15(3)12(17)6-11/h9-11,14H,4-8H2,1-3H3. The highest BCUT2D eigenvalue weighted by Crippen LogP contribution is 2.21. The molecule has 18 heavy (non-hydrogen) atoms. The molecule has 0 aliphatic carbocycles. The van der Waals surface area contributed by atoms with Gasteiger partial charge in [0.1, 0.15) is 0 Å². The maximum absolute atomic E-state index is 12.4. The fourth-order valence-electron chi connectivity index (χ4n) is 2.92. The number of hydrogen-bond donors (Lipinski definition) is 1. The van der Waals surface area contributed by atoms with Gasteiger partial charge in [0, 0.05) is 51.1 Å². The van der Waals surface area contributed by atoms with Crippen molar-refractivity contribution in [2.75, 3.05) is 26.7 Å². The van der Waals surface area contributed by atoms with Gasteiger partial charge in [-0.25, -0.2) is 0 Å². The number of nitrogens with zero attached hydrogens (tertiary/aromatic N) is 2. The number of piperidine rings is 1. The zero-order valence-corrected chi connectivity index (χ0v) is 11.5. The Morgan fingerprint density at radius 3 is 2.44 bits per heavy atom. The van der Waals surface area contributed by atoms with Gasteiger partial charge < -0.3 is 15.1 Å². The molecule has 2 aliphatic rings. The molecule has 3 atom stereocenters. The summed E-state index contributed by atoms with van der Waals surface area (Å²) in [5.74, 6) is 0.152. The molecule has 1 N–H and O–H groups in total. The van der Waals surface area contributed by atoms with Crippen molar-refractivity contribution in [3.8, 4) is 0 Å². The summed E-state index contributed by atoms with van der Waals surface area (Å²) in [5, 5.41) is 3.41. The Bertz CT molecular complexity index is 335. The van der Waals surface area contributed by atoms with Gasteiger partial charge in [-0.3, -0.25) is 9.59 Å². The first-order valence-electron chi connectivity index (χ1n) is 6.76. The molecular formula is C13H23N3O2. The number of rotatable bonds is 1. The minimum atomic E-state index is -0.105. The fraction of sp³-hybridized carbons (Fsp3) is 0.846. The monoisotopic (exact) mass is 253 g/mol. The van der Waals surface area contributed by atoms with Gasteiger partial charge in [0.25, 0.3) is 0 Å². The zero-order valence-electron chi connectivity index (χ0n) is 11.5. The number of carbonyl (C=O) groups excluding carboxylic acids is 2. The molecule has 0 spiro atoms. The van der Waals surface area contributed by atoms with E-state index in [1.54, 1.807) is 11.9 Å². The first kappa shape index (κ1) is 13.3. The van der Waals surface area contributed by atoms with Crippen LogP contribution in [0.3, 0.4) is 0 Å². The van der Waals surface area contributed by atoms with Crippen LogP contribution in [0.25, 0.3) is 0 Å². The number of amides is 2. The van der Waals surface area contributed by atoms with Crippen molar-refractivity contribution < 1.29 is 9.59 Å². The van der Waals surface area contributed by atoms with Crippen molar-refractivity contribution in [3.63, 3.8) is 0 Å². The van der Waals surface area contributed by atoms with Gasteiger partial charge in [0.2, 0.25) is 11.8 Å². The summed E-state index contributed by atoms with van der Waals surface area (Å²) in [6.45, 7) is 6.39. The maximum Gasteiger partial charge on any atom is 0.226 e. The van der Waals surface area contributed by atoms with Gasteiger partial charge in [-0.1, -0.05) is 0 Å². The van der Waals surface area contributed by atoms with E-state index in [2.05, 4.69) is 19.2 Å². The summed E-state index contributed by atoms with van der Waals surface area (Å²) >= 11 is 0. The van der Waals surface area contributed by atoms with Crippen molar-refractivity contribution in [2.45, 2.75) is 38.8 Å². The average molecular weight is 253 g/mol. The van der Waals surface area contributed by atoms with Crippen molar-refractivity contribution >= 4 is 11.8 Å². The van der Waals surface area contributed by atoms with E-state index in [1.165, 1.54) is 0 Å².